The summed E-state index contributed by atoms with van der Waals surface area (Å²) >= 11 is 0. The van der Waals surface area contributed by atoms with Crippen LogP contribution in [0.3, 0.4) is 0 Å². The lowest BCUT2D eigenvalue weighted by Crippen LogP contribution is -2.46. The second-order valence-corrected chi connectivity index (χ2v) is 9.31. The first-order valence-corrected chi connectivity index (χ1v) is 12.3. The maximum Gasteiger partial charge on any atom is 0.410 e. The van der Waals surface area contributed by atoms with Crippen LogP contribution < -0.4 is 14.2 Å². The number of carbonyl (C=O) groups excluding carboxylic acids is 2. The molecule has 1 saturated carbocycles. The number of likely N-dealkylation sites (tertiary alicyclic amines) is 1. The van der Waals surface area contributed by atoms with E-state index in [-0.39, 0.29) is 35.4 Å². The maximum atomic E-state index is 13.0. The molecule has 4 atom stereocenters. The van der Waals surface area contributed by atoms with Gasteiger partial charge in [0.2, 0.25) is 5.75 Å². The zero-order chi connectivity index (χ0) is 26.7. The number of ether oxygens (including phenoxy) is 5. The van der Waals surface area contributed by atoms with Gasteiger partial charge in [0.25, 0.3) is 0 Å². The van der Waals surface area contributed by atoms with Gasteiger partial charge in [0.05, 0.1) is 34.5 Å². The van der Waals surface area contributed by atoms with Gasteiger partial charge in [-0.3, -0.25) is 4.90 Å². The molecule has 1 aromatic carbocycles. The first-order valence-electron chi connectivity index (χ1n) is 12.3. The van der Waals surface area contributed by atoms with Crippen molar-refractivity contribution >= 4 is 12.1 Å². The molecule has 1 aliphatic heterocycles. The Morgan fingerprint density at radius 2 is 1.76 bits per heavy atom. The molecule has 37 heavy (non-hydrogen) atoms. The summed E-state index contributed by atoms with van der Waals surface area (Å²) in [5, 5.41) is 0. The number of methoxy groups -OCH3 is 4. The van der Waals surface area contributed by atoms with Crippen molar-refractivity contribution in [2.24, 2.45) is 5.92 Å². The van der Waals surface area contributed by atoms with Crippen LogP contribution >= 0.6 is 0 Å². The van der Waals surface area contributed by atoms with E-state index in [1.165, 1.54) is 45.1 Å². The molecule has 1 aromatic rings. The Balaban J connectivity index is 0.000000387. The molecule has 8 nitrogen and oxygen atoms in total. The number of aryl methyl sites for hydroxylation is 1. The molecule has 1 heterocycles. The molecule has 8 heteroatoms. The van der Waals surface area contributed by atoms with E-state index in [1.807, 2.05) is 0 Å². The Bertz CT molecular complexity index is 1220. The van der Waals surface area contributed by atoms with Crippen molar-refractivity contribution in [3.8, 4) is 40.7 Å². The molecule has 3 aliphatic carbocycles. The zero-order valence-electron chi connectivity index (χ0n) is 21.9. The van der Waals surface area contributed by atoms with Gasteiger partial charge >= 0.3 is 12.1 Å². The molecular weight excluding hydrogens is 474 g/mol. The first kappa shape index (κ1) is 26.2. The van der Waals surface area contributed by atoms with Gasteiger partial charge in [-0.2, -0.15) is 0 Å². The molecule has 1 saturated heterocycles. The van der Waals surface area contributed by atoms with Gasteiger partial charge in [-0.05, 0) is 61.4 Å². The van der Waals surface area contributed by atoms with E-state index in [0.29, 0.717) is 24.3 Å². The average Bonchev–Trinajstić information content (AvgIpc) is 3.30. The normalized spacial score (nSPS) is 22.4. The van der Waals surface area contributed by atoms with Crippen LogP contribution in [-0.4, -0.2) is 63.6 Å². The molecule has 0 bridgehead atoms. The van der Waals surface area contributed by atoms with E-state index in [9.17, 15) is 9.59 Å². The van der Waals surface area contributed by atoms with Crippen molar-refractivity contribution in [1.82, 2.24) is 4.90 Å². The third kappa shape index (κ3) is 4.78. The third-order valence-electron chi connectivity index (χ3n) is 7.45. The van der Waals surface area contributed by atoms with E-state index in [1.54, 1.807) is 17.0 Å². The Kier molecular flexibility index (Phi) is 7.82. The smallest absolute Gasteiger partial charge is 0.410 e. The lowest BCUT2D eigenvalue weighted by atomic mass is 9.82. The molecular formula is C29H33NO7. The van der Waals surface area contributed by atoms with Gasteiger partial charge < -0.3 is 23.7 Å². The van der Waals surface area contributed by atoms with E-state index >= 15 is 0 Å². The predicted octanol–water partition coefficient (Wildman–Crippen LogP) is 4.86. The molecule has 2 fully saturated rings. The van der Waals surface area contributed by atoms with Crippen molar-refractivity contribution in [2.45, 2.75) is 50.8 Å². The average molecular weight is 508 g/mol. The van der Waals surface area contributed by atoms with E-state index in [2.05, 4.69) is 31.0 Å². The first-order chi connectivity index (χ1) is 17.9. The summed E-state index contributed by atoms with van der Waals surface area (Å²) in [4.78, 5) is 26.9. The van der Waals surface area contributed by atoms with Gasteiger partial charge in [-0.25, -0.2) is 9.59 Å². The molecule has 0 spiro atoms. The van der Waals surface area contributed by atoms with Crippen LogP contribution in [0.4, 0.5) is 4.79 Å². The number of terminal acetylenes is 1. The van der Waals surface area contributed by atoms with E-state index in [0.717, 1.165) is 12.8 Å². The second kappa shape index (κ2) is 11.0. The van der Waals surface area contributed by atoms with Crippen molar-refractivity contribution < 1.29 is 33.3 Å². The maximum absolute atomic E-state index is 13.0. The highest BCUT2D eigenvalue weighted by atomic mass is 16.6. The van der Waals surface area contributed by atoms with Crippen LogP contribution in [0, 0.1) is 25.2 Å². The van der Waals surface area contributed by atoms with Crippen LogP contribution in [0.1, 0.15) is 41.6 Å². The Morgan fingerprint density at radius 3 is 2.24 bits per heavy atom. The second-order valence-electron chi connectivity index (χ2n) is 9.31. The van der Waals surface area contributed by atoms with Crippen LogP contribution in [0.5, 0.6) is 17.2 Å². The predicted molar refractivity (Wildman–Crippen MR) is 138 cm³/mol. The summed E-state index contributed by atoms with van der Waals surface area (Å²) in [6.45, 7) is 2.14. The number of rotatable bonds is 5. The number of hydrogen-bond donors (Lipinski definition) is 0. The minimum Gasteiger partial charge on any atom is -0.493 e. The zero-order valence-corrected chi connectivity index (χ0v) is 21.9. The Hall–Kier alpha value is -3.86. The lowest BCUT2D eigenvalue weighted by Gasteiger charge is -2.36. The summed E-state index contributed by atoms with van der Waals surface area (Å²) in [6.07, 6.45) is 7.73. The highest BCUT2D eigenvalue weighted by Gasteiger charge is 2.49. The molecule has 4 aliphatic rings. The summed E-state index contributed by atoms with van der Waals surface area (Å²) in [5.41, 5.74) is 4.60. The van der Waals surface area contributed by atoms with Gasteiger partial charge in [-0.1, -0.05) is 24.1 Å². The van der Waals surface area contributed by atoms with Gasteiger partial charge in [0, 0.05) is 12.0 Å². The van der Waals surface area contributed by atoms with Crippen molar-refractivity contribution in [1.29, 1.82) is 0 Å². The van der Waals surface area contributed by atoms with Gasteiger partial charge in [0.1, 0.15) is 11.7 Å². The van der Waals surface area contributed by atoms with Crippen molar-refractivity contribution in [3.63, 3.8) is 0 Å². The van der Waals surface area contributed by atoms with Gasteiger partial charge in [-0.15, -0.1) is 6.42 Å². The number of amides is 1. The third-order valence-corrected chi connectivity index (χ3v) is 7.45. The number of esters is 1. The molecule has 5 rings (SSSR count). The van der Waals surface area contributed by atoms with Crippen LogP contribution in [0.25, 0.3) is 11.1 Å². The summed E-state index contributed by atoms with van der Waals surface area (Å²) in [5.74, 6) is 3.12. The molecule has 196 valence electrons. The number of hydrogen-bond acceptors (Lipinski definition) is 7. The number of benzene rings is 2. The highest BCUT2D eigenvalue weighted by molar-refractivity contribution is 5.94. The minimum absolute atomic E-state index is 0.0472. The number of fused-ring (bicyclic) bond motifs is 2. The highest BCUT2D eigenvalue weighted by Crippen LogP contribution is 2.43. The van der Waals surface area contributed by atoms with Crippen molar-refractivity contribution in [2.75, 3.05) is 28.4 Å². The molecule has 0 aromatic heterocycles. The molecule has 1 amide bonds. The fraction of sp³-hybridized carbons (Fsp3) is 0.448. The molecule has 0 radical (unpaired) electrons. The Morgan fingerprint density at radius 1 is 1.00 bits per heavy atom. The number of carbonyl (C=O) groups is 2. The Labute approximate surface area is 217 Å². The summed E-state index contributed by atoms with van der Waals surface area (Å²) < 4.78 is 26.8. The number of nitrogens with zero attached hydrogens (tertiary/aromatic N) is 1. The SMILES string of the molecule is C#CC1C[C@H]2[C@@H](OC(=O)c3ccc(OC)c(OC)c3OC)CCC[C@H]2N1C(=O)OC.Cc1cc2ccc1-2. The topological polar surface area (TPSA) is 83.5 Å². The standard InChI is InChI=1S/C22H27NO7.C7H6/c1-6-13-12-15-16(23(13)22(25)29-5)8-7-9-17(15)30-21(24)14-10-11-18(26-2)20(28-4)19(14)27-3;1-5-4-6-2-3-7(5)6/h1,10-11,13,15-17H,7-9,12H2,2-5H3;2-4H,1H3/t13?,15-,16-,17+;/m1./s1. The lowest BCUT2D eigenvalue weighted by molar-refractivity contribution is -0.00755. The fourth-order valence-electron chi connectivity index (χ4n) is 5.57. The summed E-state index contributed by atoms with van der Waals surface area (Å²) in [6, 6.07) is 9.23. The monoisotopic (exact) mass is 507 g/mol. The summed E-state index contributed by atoms with van der Waals surface area (Å²) in [7, 11) is 5.77. The van der Waals surface area contributed by atoms with Crippen LogP contribution in [0.15, 0.2) is 30.3 Å². The minimum atomic E-state index is -0.521. The fourth-order valence-corrected chi connectivity index (χ4v) is 5.57. The van der Waals surface area contributed by atoms with E-state index in [4.69, 9.17) is 30.1 Å². The van der Waals surface area contributed by atoms with E-state index < -0.39 is 12.1 Å². The van der Waals surface area contributed by atoms with Crippen LogP contribution in [0.2, 0.25) is 0 Å². The molecule has 1 unspecified atom stereocenters. The largest absolute Gasteiger partial charge is 0.493 e. The van der Waals surface area contributed by atoms with Crippen molar-refractivity contribution in [3.05, 3.63) is 41.5 Å². The van der Waals surface area contributed by atoms with Crippen LogP contribution in [-0.2, 0) is 9.47 Å². The quantitative estimate of drug-likeness (QED) is 0.360. The molecule has 0 N–H and O–H groups in total. The van der Waals surface area contributed by atoms with Gasteiger partial charge in [0.15, 0.2) is 11.5 Å².